The van der Waals surface area contributed by atoms with Gasteiger partial charge in [-0.25, -0.2) is 4.79 Å². The van der Waals surface area contributed by atoms with Gasteiger partial charge < -0.3 is 29.7 Å². The molecule has 0 spiro atoms. The Balaban J connectivity index is 1.40. The van der Waals surface area contributed by atoms with Crippen LogP contribution < -0.4 is 18.9 Å². The van der Waals surface area contributed by atoms with Gasteiger partial charge in [0.25, 0.3) is 0 Å². The Hall–Kier alpha value is -4.50. The van der Waals surface area contributed by atoms with Crippen LogP contribution in [0.5, 0.6) is 23.0 Å². The number of aromatic hydroxyl groups is 1. The summed E-state index contributed by atoms with van der Waals surface area (Å²) >= 11 is 0. The van der Waals surface area contributed by atoms with Gasteiger partial charge in [0, 0.05) is 23.7 Å². The van der Waals surface area contributed by atoms with Crippen molar-refractivity contribution in [3.8, 4) is 23.0 Å². The number of aliphatic hydroxyl groups excluding tert-OH is 1. The molecule has 0 aliphatic rings. The molecular weight excluding hydrogens is 547 g/mol. The first kappa shape index (κ1) is 29.5. The average Bonchev–Trinajstić information content (AvgIpc) is 2.98. The third kappa shape index (κ3) is 8.25. The fourth-order valence-corrected chi connectivity index (χ4v) is 4.64. The largest absolute Gasteiger partial charge is 0.575 e. The molecule has 0 amide bonds. The second-order valence-corrected chi connectivity index (χ2v) is 9.90. The highest BCUT2D eigenvalue weighted by atomic mass is 31.1. The number of carbonyl (C=O) groups is 1. The maximum absolute atomic E-state index is 12.7. The molecule has 0 aliphatic heterocycles. The van der Waals surface area contributed by atoms with Crippen LogP contribution in [0.4, 0.5) is 0 Å². The Kier molecular flexibility index (Phi) is 10.2. The minimum absolute atomic E-state index is 0.00469. The van der Waals surface area contributed by atoms with E-state index in [-0.39, 0.29) is 35.8 Å². The number of aromatic nitrogens is 1. The van der Waals surface area contributed by atoms with E-state index in [4.69, 9.17) is 14.0 Å². The lowest BCUT2D eigenvalue weighted by Crippen LogP contribution is -2.21. The summed E-state index contributed by atoms with van der Waals surface area (Å²) in [6.45, 7) is 1.55. The zero-order valence-corrected chi connectivity index (χ0v) is 23.1. The molecule has 41 heavy (non-hydrogen) atoms. The van der Waals surface area contributed by atoms with Crippen LogP contribution >= 0.6 is 8.17 Å². The van der Waals surface area contributed by atoms with Crippen molar-refractivity contribution in [3.05, 3.63) is 113 Å². The second-order valence-electron chi connectivity index (χ2n) is 9.01. The maximum Gasteiger partial charge on any atom is 0.395 e. The van der Waals surface area contributed by atoms with Crippen LogP contribution in [0.3, 0.4) is 0 Å². The smallest absolute Gasteiger partial charge is 0.395 e. The van der Waals surface area contributed by atoms with Crippen LogP contribution in [0.15, 0.2) is 89.8 Å². The number of aliphatic carboxylic acids is 1. The van der Waals surface area contributed by atoms with E-state index in [1.165, 1.54) is 12.3 Å². The van der Waals surface area contributed by atoms with E-state index in [0.29, 0.717) is 29.2 Å². The van der Waals surface area contributed by atoms with E-state index in [1.807, 2.05) is 30.3 Å². The number of hydrogen-bond acceptors (Lipinski definition) is 9. The zero-order chi connectivity index (χ0) is 29.2. The Bertz CT molecular complexity index is 1500. The lowest BCUT2D eigenvalue weighted by atomic mass is 10.1. The monoisotopic (exact) mass is 576 g/mol. The highest BCUT2D eigenvalue weighted by Gasteiger charge is 2.23. The molecule has 4 rings (SSSR count). The lowest BCUT2D eigenvalue weighted by Gasteiger charge is -2.13. The SMILES string of the molecule is Cc1ncc(COc2ccccc2O/[P+]([O-])=N\C(Cc2ccc(OCc3ccccc3)cc2)C(=O)O)c(CO)c1O. The van der Waals surface area contributed by atoms with Gasteiger partial charge in [-0.1, -0.05) is 59.3 Å². The van der Waals surface area contributed by atoms with Gasteiger partial charge in [-0.2, -0.15) is 0 Å². The van der Waals surface area contributed by atoms with Gasteiger partial charge in [0.15, 0.2) is 11.8 Å². The predicted molar refractivity (Wildman–Crippen MR) is 150 cm³/mol. The summed E-state index contributed by atoms with van der Waals surface area (Å²) in [5.74, 6) is -0.414. The van der Waals surface area contributed by atoms with Crippen LogP contribution in [0.25, 0.3) is 0 Å². The molecule has 0 radical (unpaired) electrons. The van der Waals surface area contributed by atoms with Crippen molar-refractivity contribution in [2.75, 3.05) is 0 Å². The zero-order valence-electron chi connectivity index (χ0n) is 22.2. The van der Waals surface area contributed by atoms with Gasteiger partial charge in [0.2, 0.25) is 5.75 Å². The van der Waals surface area contributed by atoms with Gasteiger partial charge in [0.1, 0.15) is 24.7 Å². The molecule has 1 heterocycles. The van der Waals surface area contributed by atoms with E-state index >= 15 is 0 Å². The van der Waals surface area contributed by atoms with Gasteiger partial charge in [-0.05, 0) is 42.3 Å². The number of aryl methyl sites for hydroxylation is 1. The van der Waals surface area contributed by atoms with Crippen LogP contribution in [0.1, 0.15) is 27.9 Å². The van der Waals surface area contributed by atoms with Crippen molar-refractivity contribution in [3.63, 3.8) is 0 Å². The molecule has 0 bridgehead atoms. The number of ether oxygens (including phenoxy) is 2. The van der Waals surface area contributed by atoms with E-state index in [2.05, 4.69) is 9.73 Å². The molecule has 3 aromatic carbocycles. The fraction of sp³-hybridized carbons (Fsp3) is 0.200. The molecular formula is C30H29N2O8P. The van der Waals surface area contributed by atoms with Crippen molar-refractivity contribution in [2.24, 2.45) is 4.74 Å². The van der Waals surface area contributed by atoms with Crippen molar-refractivity contribution in [1.29, 1.82) is 0 Å². The standard InChI is InChI=1S/C30H29N2O8P/c1-20-29(34)25(17-33)23(16-31-20)19-39-27-9-5-6-10-28(27)40-41(37)32-26(30(35)36)15-21-11-13-24(14-12-21)38-18-22-7-3-2-4-8-22/h2-14,16,26,33-34H,15,17-19H2,1H3,(H,35,36). The lowest BCUT2D eigenvalue weighted by molar-refractivity contribution is -0.169. The first-order chi connectivity index (χ1) is 19.8. The number of carboxylic acids is 1. The maximum atomic E-state index is 12.7. The molecule has 212 valence electrons. The molecule has 10 nitrogen and oxygen atoms in total. The minimum Gasteiger partial charge on any atom is -0.575 e. The molecule has 1 aromatic heterocycles. The first-order valence-corrected chi connectivity index (χ1v) is 13.8. The Labute approximate surface area is 238 Å². The molecule has 0 fully saturated rings. The second kappa shape index (κ2) is 14.2. The number of rotatable bonds is 13. The molecule has 4 aromatic rings. The number of hydrogen-bond donors (Lipinski definition) is 3. The Morgan fingerprint density at radius 2 is 1.63 bits per heavy atom. The van der Waals surface area contributed by atoms with Gasteiger partial charge >= 0.3 is 14.1 Å². The summed E-state index contributed by atoms with van der Waals surface area (Å²) in [6, 6.07) is 21.8. The normalized spacial score (nSPS) is 12.0. The Morgan fingerprint density at radius 1 is 0.951 bits per heavy atom. The number of aliphatic hydroxyl groups is 1. The van der Waals surface area contributed by atoms with Crippen LogP contribution in [-0.2, 0) is 31.0 Å². The number of benzene rings is 3. The van der Waals surface area contributed by atoms with Gasteiger partial charge in [-0.15, -0.1) is 0 Å². The Morgan fingerprint density at radius 3 is 2.32 bits per heavy atom. The quantitative estimate of drug-likeness (QED) is 0.193. The summed E-state index contributed by atoms with van der Waals surface area (Å²) < 4.78 is 20.9. The molecule has 0 saturated heterocycles. The van der Waals surface area contributed by atoms with E-state index in [0.717, 1.165) is 5.56 Å². The summed E-state index contributed by atoms with van der Waals surface area (Å²) in [4.78, 5) is 28.7. The van der Waals surface area contributed by atoms with E-state index in [9.17, 15) is 25.0 Å². The molecule has 2 unspecified atom stereocenters. The van der Waals surface area contributed by atoms with Crippen molar-refractivity contribution in [2.45, 2.75) is 39.2 Å². The average molecular weight is 577 g/mol. The molecule has 11 heteroatoms. The summed E-state index contributed by atoms with van der Waals surface area (Å²) in [5.41, 5.74) is 2.83. The minimum atomic E-state index is -2.77. The topological polar surface area (TPSA) is 154 Å². The van der Waals surface area contributed by atoms with E-state index < -0.39 is 26.8 Å². The van der Waals surface area contributed by atoms with Crippen LogP contribution in [-0.4, -0.2) is 32.3 Å². The van der Waals surface area contributed by atoms with Crippen LogP contribution in [0.2, 0.25) is 0 Å². The molecule has 2 atom stereocenters. The fourth-order valence-electron chi connectivity index (χ4n) is 3.87. The number of pyridine rings is 1. The molecule has 0 saturated carbocycles. The van der Waals surface area contributed by atoms with E-state index in [1.54, 1.807) is 49.4 Å². The third-order valence-corrected chi connectivity index (χ3v) is 6.94. The summed E-state index contributed by atoms with van der Waals surface area (Å²) in [5, 5.41) is 29.5. The van der Waals surface area contributed by atoms with Crippen molar-refractivity contribution < 1.29 is 39.0 Å². The highest BCUT2D eigenvalue weighted by Crippen LogP contribution is 2.34. The van der Waals surface area contributed by atoms with Crippen molar-refractivity contribution in [1.82, 2.24) is 4.98 Å². The van der Waals surface area contributed by atoms with Gasteiger partial charge in [0.05, 0.1) is 12.3 Å². The highest BCUT2D eigenvalue weighted by molar-refractivity contribution is 7.34. The number of carboxylic acid groups (broad SMARTS) is 1. The van der Waals surface area contributed by atoms with Gasteiger partial charge in [-0.3, -0.25) is 9.51 Å². The van der Waals surface area contributed by atoms with Crippen molar-refractivity contribution >= 4 is 14.1 Å². The third-order valence-electron chi connectivity index (χ3n) is 6.12. The molecule has 0 aliphatic carbocycles. The predicted octanol–water partition coefficient (Wildman–Crippen LogP) is 4.68. The summed E-state index contributed by atoms with van der Waals surface area (Å²) in [7, 11) is -2.77. The summed E-state index contributed by atoms with van der Waals surface area (Å²) in [6.07, 6.45) is 1.49. The first-order valence-electron chi connectivity index (χ1n) is 12.7. The number of nitrogens with zero attached hydrogens (tertiary/aromatic N) is 2. The number of para-hydroxylation sites is 2. The molecule has 3 N–H and O–H groups in total. The van der Waals surface area contributed by atoms with Crippen LogP contribution in [0, 0.1) is 6.92 Å².